The molecule has 0 bridgehead atoms. The van der Waals surface area contributed by atoms with Gasteiger partial charge >= 0.3 is 10.2 Å². The molecule has 2 rings (SSSR count). The third-order valence-electron chi connectivity index (χ3n) is 3.19. The van der Waals surface area contributed by atoms with Crippen LogP contribution in [0, 0.1) is 12.8 Å². The van der Waals surface area contributed by atoms with Crippen LogP contribution in [0.2, 0.25) is 0 Å². The molecule has 0 saturated heterocycles. The summed E-state index contributed by atoms with van der Waals surface area (Å²) in [5.41, 5.74) is 0.644. The maximum atomic E-state index is 12.2. The van der Waals surface area contributed by atoms with E-state index < -0.39 is 10.2 Å². The van der Waals surface area contributed by atoms with E-state index in [2.05, 4.69) is 9.71 Å². The number of hydrogen-bond acceptors (Lipinski definition) is 3. The van der Waals surface area contributed by atoms with E-state index in [4.69, 9.17) is 0 Å². The van der Waals surface area contributed by atoms with Gasteiger partial charge < -0.3 is 4.98 Å². The van der Waals surface area contributed by atoms with E-state index in [9.17, 15) is 13.2 Å². The minimum atomic E-state index is -3.55. The third kappa shape index (κ3) is 3.57. The molecule has 1 aliphatic carbocycles. The highest BCUT2D eigenvalue weighted by Crippen LogP contribution is 2.30. The first-order valence-electron chi connectivity index (χ1n) is 6.39. The molecule has 106 valence electrons. The second-order valence-electron chi connectivity index (χ2n) is 4.90. The Labute approximate surface area is 113 Å². The fraction of sp³-hybridized carbons (Fsp3) is 0.583. The van der Waals surface area contributed by atoms with Gasteiger partial charge in [0.25, 0.3) is 5.56 Å². The summed E-state index contributed by atoms with van der Waals surface area (Å²) in [4.78, 5) is 13.7. The first-order valence-corrected chi connectivity index (χ1v) is 7.83. The van der Waals surface area contributed by atoms with Crippen LogP contribution in [0.5, 0.6) is 0 Å². The number of anilines is 1. The Balaban J connectivity index is 2.14. The SMILES string of the molecule is CCN(CC1CC1)S(=O)(=O)Nc1c[nH]c(=O)c(C)c1. The number of pyridine rings is 1. The fourth-order valence-electron chi connectivity index (χ4n) is 1.86. The molecule has 1 heterocycles. The predicted molar refractivity (Wildman–Crippen MR) is 74.3 cm³/mol. The Bertz CT molecular complexity index is 605. The summed E-state index contributed by atoms with van der Waals surface area (Å²) < 4.78 is 28.4. The zero-order valence-electron chi connectivity index (χ0n) is 11.1. The molecule has 0 spiro atoms. The first kappa shape index (κ1) is 14.1. The van der Waals surface area contributed by atoms with Crippen molar-refractivity contribution < 1.29 is 8.42 Å². The summed E-state index contributed by atoms with van der Waals surface area (Å²) in [6.45, 7) is 4.46. The van der Waals surface area contributed by atoms with Crippen molar-refractivity contribution in [1.82, 2.24) is 9.29 Å². The molecule has 0 aromatic carbocycles. The van der Waals surface area contributed by atoms with E-state index in [1.807, 2.05) is 6.92 Å². The minimum absolute atomic E-state index is 0.215. The zero-order valence-corrected chi connectivity index (χ0v) is 12.0. The van der Waals surface area contributed by atoms with Crippen molar-refractivity contribution in [2.75, 3.05) is 17.8 Å². The van der Waals surface area contributed by atoms with E-state index in [1.165, 1.54) is 16.6 Å². The van der Waals surface area contributed by atoms with E-state index in [1.54, 1.807) is 6.92 Å². The van der Waals surface area contributed by atoms with Gasteiger partial charge in [-0.3, -0.25) is 9.52 Å². The molecule has 0 amide bonds. The topological polar surface area (TPSA) is 82.3 Å². The first-order chi connectivity index (χ1) is 8.92. The highest BCUT2D eigenvalue weighted by molar-refractivity contribution is 7.90. The van der Waals surface area contributed by atoms with Gasteiger partial charge in [0.1, 0.15) is 0 Å². The molecule has 1 saturated carbocycles. The molecule has 1 aromatic heterocycles. The maximum Gasteiger partial charge on any atom is 0.301 e. The Morgan fingerprint density at radius 2 is 2.16 bits per heavy atom. The highest BCUT2D eigenvalue weighted by atomic mass is 32.2. The second kappa shape index (κ2) is 5.34. The van der Waals surface area contributed by atoms with Crippen molar-refractivity contribution in [3.63, 3.8) is 0 Å². The van der Waals surface area contributed by atoms with Crippen LogP contribution in [0.15, 0.2) is 17.1 Å². The van der Waals surface area contributed by atoms with Crippen molar-refractivity contribution >= 4 is 15.9 Å². The lowest BCUT2D eigenvalue weighted by Gasteiger charge is -2.21. The van der Waals surface area contributed by atoms with Gasteiger partial charge in [0.15, 0.2) is 0 Å². The minimum Gasteiger partial charge on any atom is -0.327 e. The molecule has 7 heteroatoms. The van der Waals surface area contributed by atoms with Crippen LogP contribution in [-0.4, -0.2) is 30.8 Å². The largest absolute Gasteiger partial charge is 0.327 e. The summed E-state index contributed by atoms with van der Waals surface area (Å²) in [7, 11) is -3.55. The molecule has 2 N–H and O–H groups in total. The van der Waals surface area contributed by atoms with E-state index in [0.717, 1.165) is 12.8 Å². The van der Waals surface area contributed by atoms with Gasteiger partial charge in [0.2, 0.25) is 0 Å². The number of rotatable bonds is 6. The number of aromatic nitrogens is 1. The second-order valence-corrected chi connectivity index (χ2v) is 6.57. The van der Waals surface area contributed by atoms with Crippen LogP contribution in [-0.2, 0) is 10.2 Å². The summed E-state index contributed by atoms with van der Waals surface area (Å²) in [5.74, 6) is 0.494. The van der Waals surface area contributed by atoms with Gasteiger partial charge in [-0.15, -0.1) is 0 Å². The molecular weight excluding hydrogens is 266 g/mol. The van der Waals surface area contributed by atoms with Gasteiger partial charge in [-0.2, -0.15) is 12.7 Å². The summed E-state index contributed by atoms with van der Waals surface area (Å²) in [6.07, 6.45) is 3.57. The zero-order chi connectivity index (χ0) is 14.0. The van der Waals surface area contributed by atoms with Gasteiger partial charge in [-0.1, -0.05) is 6.92 Å². The molecule has 1 aliphatic rings. The average Bonchev–Trinajstić information content (AvgIpc) is 3.14. The smallest absolute Gasteiger partial charge is 0.301 e. The third-order valence-corrected chi connectivity index (χ3v) is 4.77. The van der Waals surface area contributed by atoms with Gasteiger partial charge in [0.05, 0.1) is 5.69 Å². The van der Waals surface area contributed by atoms with Crippen LogP contribution in [0.25, 0.3) is 0 Å². The number of hydrogen-bond donors (Lipinski definition) is 2. The number of nitrogens with one attached hydrogen (secondary N) is 2. The molecule has 1 fully saturated rings. The lowest BCUT2D eigenvalue weighted by atomic mass is 10.3. The molecule has 0 atom stereocenters. The Hall–Kier alpha value is -1.34. The van der Waals surface area contributed by atoms with Gasteiger partial charge in [-0.25, -0.2) is 0 Å². The van der Waals surface area contributed by atoms with Crippen LogP contribution >= 0.6 is 0 Å². The Morgan fingerprint density at radius 1 is 1.47 bits per heavy atom. The quantitative estimate of drug-likeness (QED) is 0.820. The fourth-order valence-corrected chi connectivity index (χ4v) is 3.15. The Morgan fingerprint density at radius 3 is 2.68 bits per heavy atom. The molecule has 0 radical (unpaired) electrons. The van der Waals surface area contributed by atoms with E-state index >= 15 is 0 Å². The molecule has 19 heavy (non-hydrogen) atoms. The van der Waals surface area contributed by atoms with E-state index in [-0.39, 0.29) is 5.56 Å². The maximum absolute atomic E-state index is 12.2. The highest BCUT2D eigenvalue weighted by Gasteiger charge is 2.29. The molecular formula is C12H19N3O3S. The number of aromatic amines is 1. The van der Waals surface area contributed by atoms with Crippen molar-refractivity contribution in [2.24, 2.45) is 5.92 Å². The molecule has 6 nitrogen and oxygen atoms in total. The van der Waals surface area contributed by atoms with Crippen LogP contribution in [0.1, 0.15) is 25.3 Å². The van der Waals surface area contributed by atoms with Crippen LogP contribution in [0.4, 0.5) is 5.69 Å². The normalized spacial score (nSPS) is 15.7. The summed E-state index contributed by atoms with van der Waals surface area (Å²) in [5, 5.41) is 0. The lowest BCUT2D eigenvalue weighted by molar-refractivity contribution is 0.415. The summed E-state index contributed by atoms with van der Waals surface area (Å²) in [6, 6.07) is 1.53. The number of aryl methyl sites for hydroxylation is 1. The number of H-pyrrole nitrogens is 1. The Kier molecular flexibility index (Phi) is 3.96. The van der Waals surface area contributed by atoms with Crippen molar-refractivity contribution in [3.05, 3.63) is 28.2 Å². The van der Waals surface area contributed by atoms with Crippen molar-refractivity contribution in [1.29, 1.82) is 0 Å². The molecule has 1 aromatic rings. The van der Waals surface area contributed by atoms with Crippen LogP contribution in [0.3, 0.4) is 0 Å². The molecule has 0 aliphatic heterocycles. The van der Waals surface area contributed by atoms with E-state index in [0.29, 0.717) is 30.3 Å². The average molecular weight is 285 g/mol. The van der Waals surface area contributed by atoms with Gasteiger partial charge in [0, 0.05) is 24.8 Å². The van der Waals surface area contributed by atoms with Crippen molar-refractivity contribution in [2.45, 2.75) is 26.7 Å². The van der Waals surface area contributed by atoms with Crippen molar-refractivity contribution in [3.8, 4) is 0 Å². The molecule has 0 unspecified atom stereocenters. The lowest BCUT2D eigenvalue weighted by Crippen LogP contribution is -2.37. The van der Waals surface area contributed by atoms with Gasteiger partial charge in [-0.05, 0) is 31.7 Å². The monoisotopic (exact) mass is 285 g/mol. The number of nitrogens with zero attached hydrogens (tertiary/aromatic N) is 1. The summed E-state index contributed by atoms with van der Waals surface area (Å²) >= 11 is 0. The van der Waals surface area contributed by atoms with Crippen LogP contribution < -0.4 is 10.3 Å². The predicted octanol–water partition coefficient (Wildman–Crippen LogP) is 1.07. The standard InChI is InChI=1S/C12H19N3O3S/c1-3-15(8-10-4-5-10)19(17,18)14-11-6-9(2)12(16)13-7-11/h6-7,10,14H,3-5,8H2,1-2H3,(H,13,16).